The molecule has 1 fully saturated rings. The standard InChI is InChI=1S/C13H19N3O4S/c1-8(11-14-3-4-21-11)5-15-13(19)16(2)10-7-20-6-9(10)12(17)18/h3-4,8-10H,5-7H2,1-2H3,(H,15,19)(H,17,18). The number of ether oxygens (including phenoxy) is 1. The molecule has 3 unspecified atom stereocenters. The number of urea groups is 1. The molecule has 116 valence electrons. The topological polar surface area (TPSA) is 91.8 Å². The highest BCUT2D eigenvalue weighted by atomic mass is 32.1. The molecule has 0 aromatic carbocycles. The highest BCUT2D eigenvalue weighted by Gasteiger charge is 2.38. The van der Waals surface area contributed by atoms with Crippen molar-refractivity contribution in [3.05, 3.63) is 16.6 Å². The third kappa shape index (κ3) is 3.70. The second-order valence-electron chi connectivity index (χ2n) is 5.12. The van der Waals surface area contributed by atoms with Crippen molar-refractivity contribution in [2.75, 3.05) is 26.8 Å². The number of thiazole rings is 1. The van der Waals surface area contributed by atoms with Gasteiger partial charge in [0.05, 0.1) is 24.3 Å². The molecule has 2 heterocycles. The number of nitrogens with zero attached hydrogens (tertiary/aromatic N) is 2. The quantitative estimate of drug-likeness (QED) is 0.846. The summed E-state index contributed by atoms with van der Waals surface area (Å²) in [4.78, 5) is 28.9. The van der Waals surface area contributed by atoms with E-state index in [4.69, 9.17) is 9.84 Å². The van der Waals surface area contributed by atoms with E-state index in [-0.39, 0.29) is 25.2 Å². The fourth-order valence-corrected chi connectivity index (χ4v) is 2.94. The molecule has 8 heteroatoms. The summed E-state index contributed by atoms with van der Waals surface area (Å²) in [6.07, 6.45) is 1.73. The molecule has 1 saturated heterocycles. The average Bonchev–Trinajstić information content (AvgIpc) is 3.13. The van der Waals surface area contributed by atoms with Crippen LogP contribution in [0.2, 0.25) is 0 Å². The summed E-state index contributed by atoms with van der Waals surface area (Å²) in [5, 5.41) is 14.8. The summed E-state index contributed by atoms with van der Waals surface area (Å²) in [6.45, 7) is 2.84. The largest absolute Gasteiger partial charge is 0.481 e. The van der Waals surface area contributed by atoms with Crippen LogP contribution < -0.4 is 5.32 Å². The lowest BCUT2D eigenvalue weighted by atomic mass is 10.0. The second kappa shape index (κ2) is 6.86. The Bertz CT molecular complexity index is 494. The van der Waals surface area contributed by atoms with Crippen LogP contribution in [0.3, 0.4) is 0 Å². The average molecular weight is 313 g/mol. The van der Waals surface area contributed by atoms with Crippen LogP contribution in [0.15, 0.2) is 11.6 Å². The van der Waals surface area contributed by atoms with Crippen molar-refractivity contribution in [3.8, 4) is 0 Å². The zero-order chi connectivity index (χ0) is 15.4. The molecule has 2 N–H and O–H groups in total. The lowest BCUT2D eigenvalue weighted by Gasteiger charge is -2.27. The van der Waals surface area contributed by atoms with E-state index in [1.54, 1.807) is 24.6 Å². The minimum absolute atomic E-state index is 0.123. The van der Waals surface area contributed by atoms with Gasteiger partial charge in [-0.05, 0) is 0 Å². The molecule has 1 aromatic heterocycles. The van der Waals surface area contributed by atoms with E-state index in [0.717, 1.165) is 5.01 Å². The van der Waals surface area contributed by atoms with Crippen LogP contribution >= 0.6 is 11.3 Å². The Morgan fingerprint density at radius 2 is 2.38 bits per heavy atom. The van der Waals surface area contributed by atoms with Gasteiger partial charge < -0.3 is 20.1 Å². The number of aliphatic carboxylic acids is 1. The van der Waals surface area contributed by atoms with Gasteiger partial charge in [-0.25, -0.2) is 9.78 Å². The maximum absolute atomic E-state index is 12.1. The number of nitrogens with one attached hydrogen (secondary N) is 1. The first-order valence-corrected chi connectivity index (χ1v) is 7.59. The van der Waals surface area contributed by atoms with Crippen LogP contribution in [0, 0.1) is 5.92 Å². The molecule has 0 aliphatic carbocycles. The number of carboxylic acids is 1. The van der Waals surface area contributed by atoms with E-state index in [1.807, 2.05) is 12.3 Å². The van der Waals surface area contributed by atoms with Crippen LogP contribution in [0.1, 0.15) is 17.8 Å². The van der Waals surface area contributed by atoms with E-state index in [1.165, 1.54) is 4.90 Å². The highest BCUT2D eigenvalue weighted by molar-refractivity contribution is 7.09. The van der Waals surface area contributed by atoms with Crippen molar-refractivity contribution < 1.29 is 19.4 Å². The van der Waals surface area contributed by atoms with Crippen LogP contribution in [0.4, 0.5) is 4.79 Å². The molecule has 1 aliphatic rings. The molecular weight excluding hydrogens is 294 g/mol. The van der Waals surface area contributed by atoms with Crippen LogP contribution in [0.25, 0.3) is 0 Å². The molecule has 21 heavy (non-hydrogen) atoms. The van der Waals surface area contributed by atoms with Gasteiger partial charge in [0.15, 0.2) is 0 Å². The van der Waals surface area contributed by atoms with Gasteiger partial charge in [-0.1, -0.05) is 6.92 Å². The summed E-state index contributed by atoms with van der Waals surface area (Å²) in [5.74, 6) is -1.48. The Balaban J connectivity index is 1.86. The number of amides is 2. The van der Waals surface area contributed by atoms with E-state index in [9.17, 15) is 9.59 Å². The first-order chi connectivity index (χ1) is 10.0. The van der Waals surface area contributed by atoms with Crippen molar-refractivity contribution in [2.24, 2.45) is 5.92 Å². The van der Waals surface area contributed by atoms with Gasteiger partial charge in [-0.2, -0.15) is 0 Å². The monoisotopic (exact) mass is 313 g/mol. The Kier molecular flexibility index (Phi) is 5.13. The highest BCUT2D eigenvalue weighted by Crippen LogP contribution is 2.20. The maximum atomic E-state index is 12.1. The summed E-state index contributed by atoms with van der Waals surface area (Å²) >= 11 is 1.55. The first kappa shape index (κ1) is 15.7. The molecule has 0 spiro atoms. The number of carbonyl (C=O) groups is 2. The summed E-state index contributed by atoms with van der Waals surface area (Å²) < 4.78 is 5.18. The van der Waals surface area contributed by atoms with Gasteiger partial charge >= 0.3 is 12.0 Å². The fourth-order valence-electron chi connectivity index (χ4n) is 2.24. The Hall–Kier alpha value is -1.67. The molecular formula is C13H19N3O4S. The number of carbonyl (C=O) groups excluding carboxylic acids is 1. The van der Waals surface area contributed by atoms with Crippen LogP contribution in [-0.4, -0.2) is 59.8 Å². The molecule has 0 bridgehead atoms. The lowest BCUT2D eigenvalue weighted by Crippen LogP contribution is -2.48. The number of aromatic nitrogens is 1. The third-order valence-electron chi connectivity index (χ3n) is 3.62. The van der Waals surface area contributed by atoms with Crippen molar-refractivity contribution in [1.29, 1.82) is 0 Å². The van der Waals surface area contributed by atoms with Gasteiger partial charge in [0.25, 0.3) is 0 Å². The molecule has 0 radical (unpaired) electrons. The van der Waals surface area contributed by atoms with Crippen molar-refractivity contribution in [1.82, 2.24) is 15.2 Å². The molecule has 1 aromatic rings. The van der Waals surface area contributed by atoms with Crippen molar-refractivity contribution in [3.63, 3.8) is 0 Å². The van der Waals surface area contributed by atoms with E-state index >= 15 is 0 Å². The number of hydrogen-bond acceptors (Lipinski definition) is 5. The van der Waals surface area contributed by atoms with Gasteiger partial charge in [0, 0.05) is 31.1 Å². The molecule has 1 aliphatic heterocycles. The predicted molar refractivity (Wildman–Crippen MR) is 77.4 cm³/mol. The number of carboxylic acid groups (broad SMARTS) is 1. The Morgan fingerprint density at radius 1 is 1.62 bits per heavy atom. The predicted octanol–water partition coefficient (Wildman–Crippen LogP) is 0.988. The SMILES string of the molecule is CC(CNC(=O)N(C)C1COCC1C(=O)O)c1nccs1. The van der Waals surface area contributed by atoms with E-state index < -0.39 is 17.9 Å². The van der Waals surface area contributed by atoms with Gasteiger partial charge in [-0.3, -0.25) is 4.79 Å². The van der Waals surface area contributed by atoms with Crippen molar-refractivity contribution in [2.45, 2.75) is 18.9 Å². The number of rotatable bonds is 5. The van der Waals surface area contributed by atoms with Gasteiger partial charge in [-0.15, -0.1) is 11.3 Å². The van der Waals surface area contributed by atoms with Crippen LogP contribution in [0.5, 0.6) is 0 Å². The molecule has 0 saturated carbocycles. The molecule has 2 amide bonds. The molecule has 3 atom stereocenters. The number of hydrogen-bond donors (Lipinski definition) is 2. The van der Waals surface area contributed by atoms with E-state index in [2.05, 4.69) is 10.3 Å². The summed E-state index contributed by atoms with van der Waals surface area (Å²) in [6, 6.07) is -0.724. The zero-order valence-corrected chi connectivity index (χ0v) is 12.8. The molecule has 2 rings (SSSR count). The maximum Gasteiger partial charge on any atom is 0.317 e. The zero-order valence-electron chi connectivity index (χ0n) is 12.0. The summed E-state index contributed by atoms with van der Waals surface area (Å²) in [5.41, 5.74) is 0. The lowest BCUT2D eigenvalue weighted by molar-refractivity contribution is -0.142. The Morgan fingerprint density at radius 3 is 3.00 bits per heavy atom. The normalized spacial score (nSPS) is 22.8. The van der Waals surface area contributed by atoms with E-state index in [0.29, 0.717) is 6.54 Å². The third-order valence-corrected chi connectivity index (χ3v) is 4.63. The van der Waals surface area contributed by atoms with Crippen molar-refractivity contribution >= 4 is 23.3 Å². The fraction of sp³-hybridized carbons (Fsp3) is 0.615. The molecule has 7 nitrogen and oxygen atoms in total. The minimum Gasteiger partial charge on any atom is -0.481 e. The minimum atomic E-state index is -0.937. The summed E-state index contributed by atoms with van der Waals surface area (Å²) in [7, 11) is 1.60. The van der Waals surface area contributed by atoms with Crippen LogP contribution in [-0.2, 0) is 9.53 Å². The van der Waals surface area contributed by atoms with Gasteiger partial charge in [0.2, 0.25) is 0 Å². The second-order valence-corrected chi connectivity index (χ2v) is 6.04. The smallest absolute Gasteiger partial charge is 0.317 e. The number of likely N-dealkylation sites (N-methyl/N-ethyl adjacent to an activating group) is 1. The van der Waals surface area contributed by atoms with Gasteiger partial charge in [0.1, 0.15) is 5.92 Å². The Labute approximate surface area is 126 Å². The first-order valence-electron chi connectivity index (χ1n) is 6.71.